The van der Waals surface area contributed by atoms with Crippen molar-refractivity contribution >= 4 is 17.3 Å². The predicted octanol–water partition coefficient (Wildman–Crippen LogP) is 0.468. The summed E-state index contributed by atoms with van der Waals surface area (Å²) in [6.07, 6.45) is 1.64. The minimum atomic E-state index is -0.214. The van der Waals surface area contributed by atoms with Gasteiger partial charge in [-0.05, 0) is 5.56 Å². The van der Waals surface area contributed by atoms with Crippen LogP contribution >= 0.6 is 0 Å². The number of anilines is 1. The van der Waals surface area contributed by atoms with Crippen LogP contribution in [-0.2, 0) is 0 Å². The van der Waals surface area contributed by atoms with Gasteiger partial charge in [-0.3, -0.25) is 0 Å². The highest BCUT2D eigenvalue weighted by Crippen LogP contribution is 2.24. The van der Waals surface area contributed by atoms with Crippen LogP contribution in [0.4, 0.5) is 5.82 Å². The zero-order valence-electron chi connectivity index (χ0n) is 10.3. The summed E-state index contributed by atoms with van der Waals surface area (Å²) in [5.41, 5.74) is 13.7. The third-order valence-electron chi connectivity index (χ3n) is 2.89. The van der Waals surface area contributed by atoms with E-state index in [-0.39, 0.29) is 17.3 Å². The number of hydrogen-bond donors (Lipinski definition) is 3. The van der Waals surface area contributed by atoms with Gasteiger partial charge in [-0.25, -0.2) is 0 Å². The summed E-state index contributed by atoms with van der Waals surface area (Å²) in [7, 11) is 0. The van der Waals surface area contributed by atoms with Crippen LogP contribution in [0.5, 0.6) is 0 Å². The van der Waals surface area contributed by atoms with Crippen LogP contribution in [-0.4, -0.2) is 30.9 Å². The summed E-state index contributed by atoms with van der Waals surface area (Å²) >= 11 is 0. The minimum Gasteiger partial charge on any atom is -0.409 e. The SMILES string of the molecule is N/C(=N/O)c1nnc2c(-c3ccccc3)cnn2c1N. The molecule has 0 saturated carbocycles. The number of fused-ring (bicyclic) bond motifs is 1. The number of aromatic nitrogens is 4. The van der Waals surface area contributed by atoms with Gasteiger partial charge in [-0.1, -0.05) is 35.5 Å². The number of hydrogen-bond acceptors (Lipinski definition) is 6. The number of nitrogens with two attached hydrogens (primary N) is 2. The fraction of sp³-hybridized carbons (Fsp3) is 0. The number of nitrogen functional groups attached to an aromatic ring is 1. The third-order valence-corrected chi connectivity index (χ3v) is 2.89. The third kappa shape index (κ3) is 1.70. The van der Waals surface area contributed by atoms with E-state index < -0.39 is 0 Å². The Morgan fingerprint density at radius 3 is 2.65 bits per heavy atom. The zero-order chi connectivity index (χ0) is 14.1. The Morgan fingerprint density at radius 2 is 1.95 bits per heavy atom. The van der Waals surface area contributed by atoms with E-state index in [1.165, 1.54) is 4.52 Å². The second-order valence-electron chi connectivity index (χ2n) is 4.08. The van der Waals surface area contributed by atoms with Crippen molar-refractivity contribution in [3.05, 3.63) is 42.2 Å². The van der Waals surface area contributed by atoms with Crippen LogP contribution in [0.15, 0.2) is 41.7 Å². The molecular weight excluding hydrogens is 258 g/mol. The molecule has 0 bridgehead atoms. The molecule has 1 aromatic carbocycles. The summed E-state index contributed by atoms with van der Waals surface area (Å²) < 4.78 is 1.41. The molecule has 2 heterocycles. The van der Waals surface area contributed by atoms with Crippen molar-refractivity contribution in [2.45, 2.75) is 0 Å². The van der Waals surface area contributed by atoms with E-state index in [0.29, 0.717) is 5.65 Å². The maximum absolute atomic E-state index is 8.68. The van der Waals surface area contributed by atoms with Crippen LogP contribution in [0.2, 0.25) is 0 Å². The largest absolute Gasteiger partial charge is 0.409 e. The van der Waals surface area contributed by atoms with Crippen molar-refractivity contribution in [3.8, 4) is 11.1 Å². The Morgan fingerprint density at radius 1 is 1.20 bits per heavy atom. The molecule has 20 heavy (non-hydrogen) atoms. The van der Waals surface area contributed by atoms with E-state index >= 15 is 0 Å². The van der Waals surface area contributed by atoms with Crippen LogP contribution in [0, 0.1) is 0 Å². The number of amidine groups is 1. The molecule has 0 aliphatic rings. The van der Waals surface area contributed by atoms with Crippen molar-refractivity contribution < 1.29 is 5.21 Å². The molecule has 3 rings (SSSR count). The van der Waals surface area contributed by atoms with Crippen molar-refractivity contribution in [2.24, 2.45) is 10.9 Å². The summed E-state index contributed by atoms with van der Waals surface area (Å²) in [5, 5.41) is 23.6. The maximum Gasteiger partial charge on any atom is 0.194 e. The van der Waals surface area contributed by atoms with E-state index in [0.717, 1.165) is 11.1 Å². The molecule has 0 spiro atoms. The Bertz CT molecular complexity index is 794. The van der Waals surface area contributed by atoms with Crippen molar-refractivity contribution in [1.29, 1.82) is 0 Å². The first-order chi connectivity index (χ1) is 9.72. The normalized spacial score (nSPS) is 11.9. The second kappa shape index (κ2) is 4.50. The Kier molecular flexibility index (Phi) is 2.68. The molecule has 3 aromatic rings. The number of benzene rings is 1. The van der Waals surface area contributed by atoms with E-state index in [4.69, 9.17) is 16.7 Å². The molecule has 100 valence electrons. The maximum atomic E-state index is 8.68. The molecule has 2 aromatic heterocycles. The Labute approximate surface area is 113 Å². The molecule has 0 radical (unpaired) electrons. The van der Waals surface area contributed by atoms with Gasteiger partial charge < -0.3 is 16.7 Å². The molecule has 0 saturated heterocycles. The van der Waals surface area contributed by atoms with Crippen molar-refractivity contribution in [3.63, 3.8) is 0 Å². The van der Waals surface area contributed by atoms with Gasteiger partial charge in [0.1, 0.15) is 0 Å². The van der Waals surface area contributed by atoms with Gasteiger partial charge >= 0.3 is 0 Å². The zero-order valence-corrected chi connectivity index (χ0v) is 10.3. The summed E-state index contributed by atoms with van der Waals surface area (Å²) in [5.74, 6) is -0.0545. The minimum absolute atomic E-state index is 0.0858. The topological polar surface area (TPSA) is 128 Å². The van der Waals surface area contributed by atoms with E-state index in [1.54, 1.807) is 6.20 Å². The van der Waals surface area contributed by atoms with Gasteiger partial charge in [0.25, 0.3) is 0 Å². The predicted molar refractivity (Wildman–Crippen MR) is 73.1 cm³/mol. The lowest BCUT2D eigenvalue weighted by Crippen LogP contribution is -2.20. The lowest BCUT2D eigenvalue weighted by atomic mass is 10.1. The lowest BCUT2D eigenvalue weighted by Gasteiger charge is -2.04. The van der Waals surface area contributed by atoms with Crippen LogP contribution in [0.25, 0.3) is 16.8 Å². The van der Waals surface area contributed by atoms with Gasteiger partial charge in [0, 0.05) is 5.56 Å². The summed E-state index contributed by atoms with van der Waals surface area (Å²) in [6.45, 7) is 0. The van der Waals surface area contributed by atoms with Gasteiger partial charge in [0.2, 0.25) is 0 Å². The first-order valence-corrected chi connectivity index (χ1v) is 5.75. The highest BCUT2D eigenvalue weighted by molar-refractivity contribution is 5.99. The summed E-state index contributed by atoms with van der Waals surface area (Å²) in [6, 6.07) is 9.63. The number of oxime groups is 1. The van der Waals surface area contributed by atoms with Gasteiger partial charge in [-0.2, -0.15) is 9.61 Å². The van der Waals surface area contributed by atoms with Gasteiger partial charge in [-0.15, -0.1) is 10.2 Å². The molecule has 0 amide bonds. The standard InChI is InChI=1S/C12H11N7O/c13-10(18-20)9-11(14)19-12(17-16-9)8(6-15-19)7-4-2-1-3-5-7/h1-6,20H,14H2,(H2,13,18). The second-order valence-corrected chi connectivity index (χ2v) is 4.08. The van der Waals surface area contributed by atoms with Crippen LogP contribution < -0.4 is 11.5 Å². The quantitative estimate of drug-likeness (QED) is 0.268. The molecule has 0 atom stereocenters. The molecule has 8 nitrogen and oxygen atoms in total. The molecular formula is C12H11N7O. The van der Waals surface area contributed by atoms with Gasteiger partial charge in [0.15, 0.2) is 23.0 Å². The fourth-order valence-corrected chi connectivity index (χ4v) is 1.91. The molecule has 0 unspecified atom stereocenters. The smallest absolute Gasteiger partial charge is 0.194 e. The van der Waals surface area contributed by atoms with Crippen molar-refractivity contribution in [2.75, 3.05) is 5.73 Å². The molecule has 8 heteroatoms. The average molecular weight is 269 g/mol. The highest BCUT2D eigenvalue weighted by atomic mass is 16.4. The monoisotopic (exact) mass is 269 g/mol. The molecule has 0 fully saturated rings. The Hall–Kier alpha value is -3.16. The van der Waals surface area contributed by atoms with Gasteiger partial charge in [0.05, 0.1) is 6.20 Å². The van der Waals surface area contributed by atoms with E-state index in [1.807, 2.05) is 30.3 Å². The van der Waals surface area contributed by atoms with E-state index in [9.17, 15) is 0 Å². The highest BCUT2D eigenvalue weighted by Gasteiger charge is 2.16. The molecule has 0 aliphatic carbocycles. The number of nitrogens with zero attached hydrogens (tertiary/aromatic N) is 5. The lowest BCUT2D eigenvalue weighted by molar-refractivity contribution is 0.318. The summed E-state index contributed by atoms with van der Waals surface area (Å²) in [4.78, 5) is 0. The average Bonchev–Trinajstić information content (AvgIpc) is 2.92. The first-order valence-electron chi connectivity index (χ1n) is 5.75. The first kappa shape index (κ1) is 11.9. The van der Waals surface area contributed by atoms with Crippen LogP contribution in [0.1, 0.15) is 5.69 Å². The van der Waals surface area contributed by atoms with E-state index in [2.05, 4.69) is 20.5 Å². The number of rotatable bonds is 2. The molecule has 0 aliphatic heterocycles. The molecule has 5 N–H and O–H groups in total. The van der Waals surface area contributed by atoms with Crippen molar-refractivity contribution in [1.82, 2.24) is 19.8 Å². The fourth-order valence-electron chi connectivity index (χ4n) is 1.91. The Balaban J connectivity index is 2.23. The van der Waals surface area contributed by atoms with Crippen LogP contribution in [0.3, 0.4) is 0 Å².